The van der Waals surface area contributed by atoms with E-state index in [0.29, 0.717) is 12.0 Å². The topological polar surface area (TPSA) is 3.24 Å². The molecule has 0 saturated heterocycles. The fourth-order valence-corrected chi connectivity index (χ4v) is 10.6. The SMILES string of the molecule is CCCN([C@H](C)C1C=CC=C1P(c1ccccc1)c1ccccc1)P(c1ccccc1)c1ccccc1. The van der Waals surface area contributed by atoms with Crippen LogP contribution in [0.3, 0.4) is 0 Å². The summed E-state index contributed by atoms with van der Waals surface area (Å²) in [5.74, 6) is 0.371. The highest BCUT2D eigenvalue weighted by molar-refractivity contribution is 7.76. The van der Waals surface area contributed by atoms with E-state index in [1.165, 1.54) is 21.2 Å². The quantitative estimate of drug-likeness (QED) is 0.198. The van der Waals surface area contributed by atoms with E-state index in [2.05, 4.69) is 158 Å². The summed E-state index contributed by atoms with van der Waals surface area (Å²) in [6.45, 7) is 5.84. The number of nitrogens with zero attached hydrogens (tertiary/aromatic N) is 1. The number of hydrogen-bond acceptors (Lipinski definition) is 1. The van der Waals surface area contributed by atoms with Crippen LogP contribution in [0.25, 0.3) is 0 Å². The van der Waals surface area contributed by atoms with Crippen LogP contribution in [0.15, 0.2) is 145 Å². The van der Waals surface area contributed by atoms with E-state index in [9.17, 15) is 0 Å². The molecule has 0 N–H and O–H groups in total. The lowest BCUT2D eigenvalue weighted by molar-refractivity contribution is 0.328. The second kappa shape index (κ2) is 12.6. The Labute approximate surface area is 225 Å². The van der Waals surface area contributed by atoms with Gasteiger partial charge in [-0.25, -0.2) is 0 Å². The van der Waals surface area contributed by atoms with Crippen LogP contribution in [0.4, 0.5) is 0 Å². The van der Waals surface area contributed by atoms with Crippen molar-refractivity contribution in [3.05, 3.63) is 145 Å². The van der Waals surface area contributed by atoms with E-state index >= 15 is 0 Å². The van der Waals surface area contributed by atoms with Crippen molar-refractivity contribution in [2.45, 2.75) is 26.3 Å². The Morgan fingerprint density at radius 3 is 1.51 bits per heavy atom. The summed E-state index contributed by atoms with van der Waals surface area (Å²) in [6, 6.07) is 44.9. The Balaban J connectivity index is 1.55. The summed E-state index contributed by atoms with van der Waals surface area (Å²) in [6.07, 6.45) is 8.29. The first-order chi connectivity index (χ1) is 18.3. The summed E-state index contributed by atoms with van der Waals surface area (Å²) in [7, 11) is -1.25. The smallest absolute Gasteiger partial charge is 0.0284 e. The van der Waals surface area contributed by atoms with Crippen molar-refractivity contribution in [3.63, 3.8) is 0 Å². The minimum Gasteiger partial charge on any atom is -0.271 e. The molecule has 5 rings (SSSR count). The minimum absolute atomic E-state index is 0.369. The predicted octanol–water partition coefficient (Wildman–Crippen LogP) is 7.34. The van der Waals surface area contributed by atoms with Crippen LogP contribution in [0.2, 0.25) is 0 Å². The lowest BCUT2D eigenvalue weighted by Crippen LogP contribution is -2.40. The molecule has 1 unspecified atom stereocenters. The Morgan fingerprint density at radius 2 is 1.08 bits per heavy atom. The first kappa shape index (κ1) is 25.8. The Bertz CT molecular complexity index is 1220. The van der Waals surface area contributed by atoms with Crippen molar-refractivity contribution in [1.29, 1.82) is 0 Å². The van der Waals surface area contributed by atoms with Crippen LogP contribution >= 0.6 is 16.0 Å². The molecule has 0 heterocycles. The van der Waals surface area contributed by atoms with Gasteiger partial charge < -0.3 is 0 Å². The van der Waals surface area contributed by atoms with Gasteiger partial charge in [0, 0.05) is 26.6 Å². The van der Waals surface area contributed by atoms with Gasteiger partial charge in [0.15, 0.2) is 0 Å². The van der Waals surface area contributed by atoms with E-state index in [0.717, 1.165) is 13.0 Å². The molecule has 0 aliphatic heterocycles. The van der Waals surface area contributed by atoms with Crippen LogP contribution < -0.4 is 21.2 Å². The lowest BCUT2D eigenvalue weighted by Gasteiger charge is -2.41. The standard InChI is InChI=1S/C34H35NP2/c1-3-27-35(37(31-21-12-6-13-22-31)32-23-14-7-15-24-32)28(2)33-25-16-26-34(33)36(29-17-8-4-9-18-29)30-19-10-5-11-20-30/h4-26,28,33H,3,27H2,1-2H3/t28-,33?/m1/s1. The van der Waals surface area contributed by atoms with Gasteiger partial charge in [-0.1, -0.05) is 146 Å². The van der Waals surface area contributed by atoms with Gasteiger partial charge in [0.05, 0.1) is 0 Å². The highest BCUT2D eigenvalue weighted by Gasteiger charge is 2.35. The van der Waals surface area contributed by atoms with Crippen LogP contribution in [0.1, 0.15) is 20.3 Å². The van der Waals surface area contributed by atoms with Gasteiger partial charge in [-0.2, -0.15) is 0 Å². The average molecular weight is 520 g/mol. The lowest BCUT2D eigenvalue weighted by atomic mass is 10.0. The summed E-state index contributed by atoms with van der Waals surface area (Å²) < 4.78 is 2.80. The first-order valence-electron chi connectivity index (χ1n) is 13.2. The predicted molar refractivity (Wildman–Crippen MR) is 165 cm³/mol. The van der Waals surface area contributed by atoms with Crippen molar-refractivity contribution in [3.8, 4) is 0 Å². The average Bonchev–Trinajstić information content (AvgIpc) is 3.44. The fourth-order valence-electron chi connectivity index (χ4n) is 5.20. The number of benzene rings is 4. The second-order valence-corrected chi connectivity index (χ2v) is 13.8. The fraction of sp³-hybridized carbons (Fsp3) is 0.176. The minimum atomic E-state index is -0.643. The third kappa shape index (κ3) is 5.86. The third-order valence-electron chi connectivity index (χ3n) is 6.91. The summed E-state index contributed by atoms with van der Waals surface area (Å²) in [4.78, 5) is 0. The molecule has 0 fully saturated rings. The van der Waals surface area contributed by atoms with Gasteiger partial charge in [-0.15, -0.1) is 0 Å². The molecule has 186 valence electrons. The molecule has 0 aromatic heterocycles. The maximum Gasteiger partial charge on any atom is 0.0284 e. The highest BCUT2D eigenvalue weighted by Crippen LogP contribution is 2.52. The van der Waals surface area contributed by atoms with Crippen LogP contribution in [0.5, 0.6) is 0 Å². The van der Waals surface area contributed by atoms with E-state index in [1.807, 2.05) is 0 Å². The molecule has 1 nitrogen and oxygen atoms in total. The molecule has 4 aromatic rings. The molecule has 0 amide bonds. The summed E-state index contributed by atoms with van der Waals surface area (Å²) in [5.41, 5.74) is 0. The zero-order valence-corrected chi connectivity index (χ0v) is 23.5. The number of rotatable bonds is 10. The van der Waals surface area contributed by atoms with E-state index in [4.69, 9.17) is 0 Å². The van der Waals surface area contributed by atoms with Gasteiger partial charge in [0.2, 0.25) is 0 Å². The van der Waals surface area contributed by atoms with E-state index < -0.39 is 16.0 Å². The number of hydrogen-bond donors (Lipinski definition) is 0. The van der Waals surface area contributed by atoms with Gasteiger partial charge >= 0.3 is 0 Å². The zero-order valence-electron chi connectivity index (χ0n) is 21.7. The Morgan fingerprint density at radius 1 is 0.649 bits per heavy atom. The van der Waals surface area contributed by atoms with Gasteiger partial charge in [0.1, 0.15) is 0 Å². The van der Waals surface area contributed by atoms with E-state index in [1.54, 1.807) is 5.31 Å². The maximum absolute atomic E-state index is 2.80. The molecular weight excluding hydrogens is 484 g/mol. The normalized spacial score (nSPS) is 15.9. The van der Waals surface area contributed by atoms with E-state index in [-0.39, 0.29) is 0 Å². The van der Waals surface area contributed by atoms with Crippen molar-refractivity contribution in [1.82, 2.24) is 4.67 Å². The molecule has 3 heteroatoms. The molecule has 0 bridgehead atoms. The van der Waals surface area contributed by atoms with Crippen LogP contribution in [-0.2, 0) is 0 Å². The zero-order chi connectivity index (χ0) is 25.5. The van der Waals surface area contributed by atoms with Crippen LogP contribution in [0, 0.1) is 5.92 Å². The highest BCUT2D eigenvalue weighted by atomic mass is 31.1. The molecule has 0 spiro atoms. The molecule has 2 atom stereocenters. The second-order valence-electron chi connectivity index (χ2n) is 9.40. The first-order valence-corrected chi connectivity index (χ1v) is 15.9. The summed E-state index contributed by atoms with van der Waals surface area (Å²) in [5, 5.41) is 7.24. The van der Waals surface area contributed by atoms with Crippen molar-refractivity contribution < 1.29 is 0 Å². The maximum atomic E-state index is 2.80. The third-order valence-corrected chi connectivity index (χ3v) is 12.2. The Kier molecular flexibility index (Phi) is 8.80. The number of allylic oxidation sites excluding steroid dienone is 2. The van der Waals surface area contributed by atoms with Crippen LogP contribution in [-0.4, -0.2) is 17.3 Å². The summed E-state index contributed by atoms with van der Waals surface area (Å²) >= 11 is 0. The Hall–Kier alpha value is -2.82. The molecule has 37 heavy (non-hydrogen) atoms. The molecule has 1 aliphatic carbocycles. The molecule has 1 aliphatic rings. The van der Waals surface area contributed by atoms with Gasteiger partial charge in [0.25, 0.3) is 0 Å². The monoisotopic (exact) mass is 519 g/mol. The van der Waals surface area contributed by atoms with Gasteiger partial charge in [-0.05, 0) is 47.8 Å². The molecule has 0 radical (unpaired) electrons. The largest absolute Gasteiger partial charge is 0.271 e. The van der Waals surface area contributed by atoms with Gasteiger partial charge in [-0.3, -0.25) is 4.67 Å². The van der Waals surface area contributed by atoms with Crippen molar-refractivity contribution >= 4 is 37.2 Å². The van der Waals surface area contributed by atoms with Crippen molar-refractivity contribution in [2.24, 2.45) is 5.92 Å². The van der Waals surface area contributed by atoms with Crippen molar-refractivity contribution in [2.75, 3.05) is 6.54 Å². The molecule has 4 aromatic carbocycles. The molecule has 0 saturated carbocycles. The molecular formula is C34H35NP2.